The predicted molar refractivity (Wildman–Crippen MR) is 77.2 cm³/mol. The van der Waals surface area contributed by atoms with Crippen molar-refractivity contribution in [2.24, 2.45) is 0 Å². The lowest BCUT2D eigenvalue weighted by Gasteiger charge is -2.18. The summed E-state index contributed by atoms with van der Waals surface area (Å²) in [6.07, 6.45) is 2.08. The number of carbonyl (C=O) groups excluding carboxylic acids is 1. The zero-order chi connectivity index (χ0) is 14.7. The number of hydrogen-bond donors (Lipinski definition) is 1. The first kappa shape index (κ1) is 13.8. The third kappa shape index (κ3) is 3.13. The van der Waals surface area contributed by atoms with Crippen molar-refractivity contribution in [3.8, 4) is 11.5 Å². The molecule has 110 valence electrons. The maximum absolute atomic E-state index is 11.8. The Hall–Kier alpha value is -2.14. The van der Waals surface area contributed by atoms with E-state index in [1.54, 1.807) is 6.07 Å². The fourth-order valence-electron chi connectivity index (χ4n) is 2.11. The molecule has 21 heavy (non-hydrogen) atoms. The number of benzene rings is 1. The summed E-state index contributed by atoms with van der Waals surface area (Å²) in [5.41, 5.74) is 1.41. The van der Waals surface area contributed by atoms with E-state index in [1.807, 2.05) is 18.2 Å². The first-order valence-corrected chi connectivity index (χ1v) is 7.01. The molecule has 1 amide bonds. The van der Waals surface area contributed by atoms with Crippen molar-refractivity contribution in [3.05, 3.63) is 46.9 Å². The Balaban J connectivity index is 1.56. The molecule has 1 aromatic carbocycles. The van der Waals surface area contributed by atoms with Crippen LogP contribution in [0.3, 0.4) is 0 Å². The van der Waals surface area contributed by atoms with E-state index in [1.165, 1.54) is 6.26 Å². The summed E-state index contributed by atoms with van der Waals surface area (Å²) < 4.78 is 15.9. The van der Waals surface area contributed by atoms with Crippen LogP contribution in [0, 0.1) is 0 Å². The molecule has 6 heteroatoms. The normalized spacial score (nSPS) is 13.0. The maximum Gasteiger partial charge on any atom is 0.256 e. The van der Waals surface area contributed by atoms with Gasteiger partial charge in [0.05, 0.1) is 11.8 Å². The first-order chi connectivity index (χ1) is 10.2. The van der Waals surface area contributed by atoms with Gasteiger partial charge in [0.1, 0.15) is 13.2 Å². The quantitative estimate of drug-likeness (QED) is 0.943. The molecule has 0 atom stereocenters. The molecule has 0 radical (unpaired) electrons. The second-order valence-electron chi connectivity index (χ2n) is 4.59. The van der Waals surface area contributed by atoms with Crippen LogP contribution < -0.4 is 14.8 Å². The summed E-state index contributed by atoms with van der Waals surface area (Å²) in [6, 6.07) is 7.33. The summed E-state index contributed by atoms with van der Waals surface area (Å²) in [5.74, 6) is 1.27. The molecule has 0 bridgehead atoms. The number of ether oxygens (including phenoxy) is 2. The van der Waals surface area contributed by atoms with Crippen molar-refractivity contribution in [3.63, 3.8) is 0 Å². The monoisotopic (exact) mass is 307 g/mol. The Morgan fingerprint density at radius 2 is 2.00 bits per heavy atom. The summed E-state index contributed by atoms with van der Waals surface area (Å²) >= 11 is 5.75. The van der Waals surface area contributed by atoms with Gasteiger partial charge in [0.2, 0.25) is 5.22 Å². The number of nitrogens with one attached hydrogen (secondary N) is 1. The first-order valence-electron chi connectivity index (χ1n) is 6.64. The molecular formula is C15H14ClNO4. The third-order valence-electron chi connectivity index (χ3n) is 3.17. The molecule has 0 saturated carbocycles. The molecule has 1 aromatic heterocycles. The smallest absolute Gasteiger partial charge is 0.256 e. The molecule has 1 aliphatic rings. The summed E-state index contributed by atoms with van der Waals surface area (Å²) in [4.78, 5) is 11.8. The van der Waals surface area contributed by atoms with Crippen molar-refractivity contribution < 1.29 is 18.7 Å². The zero-order valence-corrected chi connectivity index (χ0v) is 12.0. The second kappa shape index (κ2) is 6.10. The van der Waals surface area contributed by atoms with Crippen LogP contribution in [0.5, 0.6) is 11.5 Å². The van der Waals surface area contributed by atoms with Crippen LogP contribution >= 0.6 is 11.6 Å². The van der Waals surface area contributed by atoms with E-state index >= 15 is 0 Å². The highest BCUT2D eigenvalue weighted by atomic mass is 35.5. The average Bonchev–Trinajstić information content (AvgIpc) is 2.93. The minimum absolute atomic E-state index is 0.104. The van der Waals surface area contributed by atoms with E-state index < -0.39 is 0 Å². The predicted octanol–water partition coefficient (Wildman–Crippen LogP) is 2.68. The van der Waals surface area contributed by atoms with Crippen molar-refractivity contribution in [2.45, 2.75) is 6.42 Å². The average molecular weight is 308 g/mol. The maximum atomic E-state index is 11.8. The third-order valence-corrected chi connectivity index (χ3v) is 3.46. The molecule has 1 aliphatic heterocycles. The molecule has 2 heterocycles. The van der Waals surface area contributed by atoms with Crippen LogP contribution in [-0.2, 0) is 6.42 Å². The van der Waals surface area contributed by atoms with Crippen LogP contribution in [0.15, 0.2) is 34.9 Å². The molecule has 5 nitrogen and oxygen atoms in total. The minimum atomic E-state index is -0.244. The van der Waals surface area contributed by atoms with Gasteiger partial charge < -0.3 is 19.2 Å². The van der Waals surface area contributed by atoms with Gasteiger partial charge in [-0.05, 0) is 41.8 Å². The number of fused-ring (bicyclic) bond motifs is 1. The fourth-order valence-corrected chi connectivity index (χ4v) is 2.31. The van der Waals surface area contributed by atoms with Crippen LogP contribution in [-0.4, -0.2) is 25.7 Å². The van der Waals surface area contributed by atoms with E-state index in [-0.39, 0.29) is 11.1 Å². The van der Waals surface area contributed by atoms with Gasteiger partial charge in [0, 0.05) is 6.54 Å². The summed E-state index contributed by atoms with van der Waals surface area (Å²) in [7, 11) is 0. The van der Waals surface area contributed by atoms with E-state index in [0.29, 0.717) is 31.7 Å². The van der Waals surface area contributed by atoms with Crippen molar-refractivity contribution in [1.29, 1.82) is 0 Å². The Kier molecular flexibility index (Phi) is 4.01. The summed E-state index contributed by atoms with van der Waals surface area (Å²) in [6.45, 7) is 1.64. The highest BCUT2D eigenvalue weighted by Crippen LogP contribution is 2.30. The molecule has 0 spiro atoms. The van der Waals surface area contributed by atoms with Gasteiger partial charge in [-0.25, -0.2) is 0 Å². The van der Waals surface area contributed by atoms with E-state index in [2.05, 4.69) is 5.32 Å². The second-order valence-corrected chi connectivity index (χ2v) is 4.94. The SMILES string of the molecule is O=C(NCCc1ccc2c(c1)OCCO2)c1ccoc1Cl. The largest absolute Gasteiger partial charge is 0.486 e. The number of carbonyl (C=O) groups is 1. The molecule has 0 saturated heterocycles. The number of furan rings is 1. The Morgan fingerprint density at radius 1 is 1.19 bits per heavy atom. The molecule has 0 aliphatic carbocycles. The van der Waals surface area contributed by atoms with Gasteiger partial charge in [0.25, 0.3) is 5.91 Å². The van der Waals surface area contributed by atoms with Gasteiger partial charge in [-0.1, -0.05) is 6.07 Å². The van der Waals surface area contributed by atoms with E-state index in [4.69, 9.17) is 25.5 Å². The van der Waals surface area contributed by atoms with E-state index in [0.717, 1.165) is 17.1 Å². The van der Waals surface area contributed by atoms with Crippen LogP contribution in [0.2, 0.25) is 5.22 Å². The van der Waals surface area contributed by atoms with Gasteiger partial charge in [-0.2, -0.15) is 0 Å². The molecule has 0 unspecified atom stereocenters. The lowest BCUT2D eigenvalue weighted by atomic mass is 10.1. The summed E-state index contributed by atoms with van der Waals surface area (Å²) in [5, 5.41) is 2.90. The Labute approximate surface area is 126 Å². The fraction of sp³-hybridized carbons (Fsp3) is 0.267. The van der Waals surface area contributed by atoms with Crippen molar-refractivity contribution >= 4 is 17.5 Å². The van der Waals surface area contributed by atoms with Gasteiger partial charge >= 0.3 is 0 Å². The lowest BCUT2D eigenvalue weighted by Crippen LogP contribution is -2.25. The van der Waals surface area contributed by atoms with Crippen LogP contribution in [0.4, 0.5) is 0 Å². The number of hydrogen-bond acceptors (Lipinski definition) is 4. The highest BCUT2D eigenvalue weighted by Gasteiger charge is 2.13. The van der Waals surface area contributed by atoms with Gasteiger partial charge in [-0.3, -0.25) is 4.79 Å². The minimum Gasteiger partial charge on any atom is -0.486 e. The highest BCUT2D eigenvalue weighted by molar-refractivity contribution is 6.32. The molecule has 2 aromatic rings. The molecular weight excluding hydrogens is 294 g/mol. The molecule has 3 rings (SSSR count). The zero-order valence-electron chi connectivity index (χ0n) is 11.2. The van der Waals surface area contributed by atoms with Crippen molar-refractivity contribution in [1.82, 2.24) is 5.32 Å². The standard InChI is InChI=1S/C15H14ClNO4/c16-14-11(4-6-21-14)15(18)17-5-3-10-1-2-12-13(9-10)20-8-7-19-12/h1-2,4,6,9H,3,5,7-8H2,(H,17,18). The van der Waals surface area contributed by atoms with Crippen LogP contribution in [0.1, 0.15) is 15.9 Å². The molecule has 0 fully saturated rings. The van der Waals surface area contributed by atoms with Crippen molar-refractivity contribution in [2.75, 3.05) is 19.8 Å². The molecule has 1 N–H and O–H groups in total. The lowest BCUT2D eigenvalue weighted by molar-refractivity contribution is 0.0953. The van der Waals surface area contributed by atoms with E-state index in [9.17, 15) is 4.79 Å². The number of halogens is 1. The number of amides is 1. The number of rotatable bonds is 4. The van der Waals surface area contributed by atoms with Crippen LogP contribution in [0.25, 0.3) is 0 Å². The van der Waals surface area contributed by atoms with Gasteiger partial charge in [0.15, 0.2) is 11.5 Å². The topological polar surface area (TPSA) is 60.7 Å². The Bertz CT molecular complexity index is 653. The van der Waals surface area contributed by atoms with Gasteiger partial charge in [-0.15, -0.1) is 0 Å². The Morgan fingerprint density at radius 3 is 2.76 bits per heavy atom.